The molecule has 25 heavy (non-hydrogen) atoms. The van der Waals surface area contributed by atoms with Crippen LogP contribution in [0.2, 0.25) is 0 Å². The molecule has 2 aromatic heterocycles. The highest BCUT2D eigenvalue weighted by molar-refractivity contribution is 7.19. The van der Waals surface area contributed by atoms with Crippen molar-refractivity contribution >= 4 is 27.4 Å². The number of nitrogens with two attached hydrogens (primary N) is 1. The Labute approximate surface area is 151 Å². The number of fused-ring (bicyclic) bond motifs is 1. The van der Waals surface area contributed by atoms with Gasteiger partial charge in [0.25, 0.3) is 0 Å². The lowest BCUT2D eigenvalue weighted by atomic mass is 10.1. The second-order valence-electron chi connectivity index (χ2n) is 5.79. The summed E-state index contributed by atoms with van der Waals surface area (Å²) in [5.41, 5.74) is 8.68. The Morgan fingerprint density at radius 2 is 1.84 bits per heavy atom. The normalized spacial score (nSPS) is 10.8. The van der Waals surface area contributed by atoms with E-state index in [-0.39, 0.29) is 0 Å². The smallest absolute Gasteiger partial charge is 0.163 e. The van der Waals surface area contributed by atoms with Gasteiger partial charge in [-0.25, -0.2) is 9.97 Å². The van der Waals surface area contributed by atoms with Crippen molar-refractivity contribution in [2.45, 2.75) is 27.3 Å². The molecule has 1 aromatic carbocycles. The van der Waals surface area contributed by atoms with Crippen molar-refractivity contribution in [2.24, 2.45) is 5.73 Å². The van der Waals surface area contributed by atoms with Gasteiger partial charge in [0.2, 0.25) is 0 Å². The largest absolute Gasteiger partial charge is 0.357 e. The third-order valence-electron chi connectivity index (χ3n) is 4.38. The minimum atomic E-state index is 0.514. The van der Waals surface area contributed by atoms with Crippen LogP contribution in [0.5, 0.6) is 0 Å². The molecule has 3 aromatic rings. The molecule has 0 radical (unpaired) electrons. The SMILES string of the molecule is CCN(CC)c1nc(-c2ccc(CN)cc2)nc2sc(C#N)c(C)c12. The van der Waals surface area contributed by atoms with E-state index < -0.39 is 0 Å². The fourth-order valence-electron chi connectivity index (χ4n) is 2.90. The molecule has 0 fully saturated rings. The Kier molecular flexibility index (Phi) is 4.98. The van der Waals surface area contributed by atoms with Crippen molar-refractivity contribution in [1.82, 2.24) is 9.97 Å². The maximum Gasteiger partial charge on any atom is 0.163 e. The van der Waals surface area contributed by atoms with Gasteiger partial charge in [-0.3, -0.25) is 0 Å². The van der Waals surface area contributed by atoms with Crippen LogP contribution in [-0.4, -0.2) is 23.1 Å². The minimum absolute atomic E-state index is 0.514. The molecule has 128 valence electrons. The predicted molar refractivity (Wildman–Crippen MR) is 104 cm³/mol. The van der Waals surface area contributed by atoms with Crippen LogP contribution in [0.4, 0.5) is 5.82 Å². The molecule has 0 atom stereocenters. The molecule has 2 heterocycles. The number of aromatic nitrogens is 2. The van der Waals surface area contributed by atoms with Crippen molar-refractivity contribution in [3.05, 3.63) is 40.3 Å². The first kappa shape index (κ1) is 17.3. The van der Waals surface area contributed by atoms with Crippen LogP contribution in [0.15, 0.2) is 24.3 Å². The van der Waals surface area contributed by atoms with Crippen LogP contribution in [0.25, 0.3) is 21.6 Å². The van der Waals surface area contributed by atoms with E-state index in [2.05, 4.69) is 24.8 Å². The number of nitriles is 1. The van der Waals surface area contributed by atoms with Crippen molar-refractivity contribution in [3.63, 3.8) is 0 Å². The Morgan fingerprint density at radius 3 is 2.40 bits per heavy atom. The Hall–Kier alpha value is -2.49. The van der Waals surface area contributed by atoms with Gasteiger partial charge < -0.3 is 10.6 Å². The molecule has 6 heteroatoms. The monoisotopic (exact) mass is 351 g/mol. The van der Waals surface area contributed by atoms with Crippen LogP contribution >= 0.6 is 11.3 Å². The Balaban J connectivity index is 2.25. The van der Waals surface area contributed by atoms with E-state index in [0.29, 0.717) is 17.2 Å². The summed E-state index contributed by atoms with van der Waals surface area (Å²) in [4.78, 5) is 13.4. The van der Waals surface area contributed by atoms with Gasteiger partial charge in [-0.15, -0.1) is 11.3 Å². The van der Waals surface area contributed by atoms with E-state index in [0.717, 1.165) is 45.8 Å². The molecule has 0 spiro atoms. The summed E-state index contributed by atoms with van der Waals surface area (Å²) in [7, 11) is 0. The summed E-state index contributed by atoms with van der Waals surface area (Å²) < 4.78 is 0. The summed E-state index contributed by atoms with van der Waals surface area (Å²) in [5.74, 6) is 1.59. The maximum absolute atomic E-state index is 9.39. The van der Waals surface area contributed by atoms with Crippen molar-refractivity contribution < 1.29 is 0 Å². The number of hydrogen-bond donors (Lipinski definition) is 1. The lowest BCUT2D eigenvalue weighted by Gasteiger charge is -2.21. The zero-order chi connectivity index (χ0) is 18.0. The summed E-state index contributed by atoms with van der Waals surface area (Å²) >= 11 is 1.43. The van der Waals surface area contributed by atoms with Crippen molar-refractivity contribution in [2.75, 3.05) is 18.0 Å². The second kappa shape index (κ2) is 7.18. The highest BCUT2D eigenvalue weighted by Crippen LogP contribution is 2.36. The summed E-state index contributed by atoms with van der Waals surface area (Å²) in [5, 5.41) is 10.4. The predicted octanol–water partition coefficient (Wildman–Crippen LogP) is 3.84. The number of nitrogens with zero attached hydrogens (tertiary/aromatic N) is 4. The van der Waals surface area contributed by atoms with Gasteiger partial charge in [-0.05, 0) is 31.9 Å². The Morgan fingerprint density at radius 1 is 1.16 bits per heavy atom. The second-order valence-corrected chi connectivity index (χ2v) is 6.79. The van der Waals surface area contributed by atoms with E-state index in [1.807, 2.05) is 31.2 Å². The lowest BCUT2D eigenvalue weighted by Crippen LogP contribution is -2.23. The third kappa shape index (κ3) is 3.09. The van der Waals surface area contributed by atoms with Crippen molar-refractivity contribution in [3.8, 4) is 17.5 Å². The van der Waals surface area contributed by atoms with E-state index in [9.17, 15) is 5.26 Å². The first-order chi connectivity index (χ1) is 12.1. The van der Waals surface area contributed by atoms with E-state index in [1.165, 1.54) is 11.3 Å². The average Bonchev–Trinajstić information content (AvgIpc) is 2.98. The van der Waals surface area contributed by atoms with Crippen LogP contribution in [0.1, 0.15) is 29.9 Å². The number of anilines is 1. The number of hydrogen-bond acceptors (Lipinski definition) is 6. The maximum atomic E-state index is 9.39. The molecule has 0 aliphatic carbocycles. The minimum Gasteiger partial charge on any atom is -0.357 e. The first-order valence-electron chi connectivity index (χ1n) is 8.38. The molecule has 0 saturated carbocycles. The molecule has 0 unspecified atom stereocenters. The van der Waals surface area contributed by atoms with E-state index in [4.69, 9.17) is 15.7 Å². The van der Waals surface area contributed by atoms with Gasteiger partial charge in [0, 0.05) is 25.2 Å². The van der Waals surface area contributed by atoms with Gasteiger partial charge in [-0.1, -0.05) is 24.3 Å². The van der Waals surface area contributed by atoms with Gasteiger partial charge in [0.1, 0.15) is 21.6 Å². The summed E-state index contributed by atoms with van der Waals surface area (Å²) in [6, 6.07) is 10.3. The molecule has 3 rings (SSSR count). The highest BCUT2D eigenvalue weighted by Gasteiger charge is 2.19. The number of benzene rings is 1. The fourth-order valence-corrected chi connectivity index (χ4v) is 3.87. The van der Waals surface area contributed by atoms with Gasteiger partial charge in [-0.2, -0.15) is 5.26 Å². The molecular formula is C19H21N5S. The number of rotatable bonds is 5. The van der Waals surface area contributed by atoms with Gasteiger partial charge >= 0.3 is 0 Å². The summed E-state index contributed by atoms with van der Waals surface area (Å²) in [6.45, 7) is 8.42. The fraction of sp³-hybridized carbons (Fsp3) is 0.316. The third-order valence-corrected chi connectivity index (χ3v) is 5.47. The topological polar surface area (TPSA) is 78.8 Å². The van der Waals surface area contributed by atoms with Gasteiger partial charge in [0.15, 0.2) is 5.82 Å². The van der Waals surface area contributed by atoms with Crippen LogP contribution < -0.4 is 10.6 Å². The Bertz CT molecular complexity index is 933. The quantitative estimate of drug-likeness (QED) is 0.755. The van der Waals surface area contributed by atoms with Gasteiger partial charge in [0.05, 0.1) is 5.39 Å². The standard InChI is InChI=1S/C19H21N5S/c1-4-24(5-2)18-16-12(3)15(11-21)25-19(16)23-17(22-18)14-8-6-13(10-20)7-9-14/h6-9H,4-5,10,20H2,1-3H3. The highest BCUT2D eigenvalue weighted by atomic mass is 32.1. The van der Waals surface area contributed by atoms with E-state index >= 15 is 0 Å². The van der Waals surface area contributed by atoms with Crippen molar-refractivity contribution in [1.29, 1.82) is 5.26 Å². The first-order valence-corrected chi connectivity index (χ1v) is 9.20. The molecule has 0 aliphatic rings. The molecule has 0 amide bonds. The zero-order valence-corrected chi connectivity index (χ0v) is 15.5. The van der Waals surface area contributed by atoms with E-state index in [1.54, 1.807) is 0 Å². The summed E-state index contributed by atoms with van der Waals surface area (Å²) in [6.07, 6.45) is 0. The van der Waals surface area contributed by atoms with Crippen LogP contribution in [-0.2, 0) is 6.54 Å². The van der Waals surface area contributed by atoms with Crippen LogP contribution in [0.3, 0.4) is 0 Å². The molecule has 5 nitrogen and oxygen atoms in total. The zero-order valence-electron chi connectivity index (χ0n) is 14.7. The molecule has 2 N–H and O–H groups in total. The molecule has 0 bridgehead atoms. The number of thiophene rings is 1. The lowest BCUT2D eigenvalue weighted by molar-refractivity contribution is 0.850. The molecular weight excluding hydrogens is 330 g/mol. The molecule has 0 aliphatic heterocycles. The molecule has 0 saturated heterocycles. The average molecular weight is 351 g/mol. The number of aryl methyl sites for hydroxylation is 1. The van der Waals surface area contributed by atoms with Crippen LogP contribution in [0, 0.1) is 18.3 Å².